The van der Waals surface area contributed by atoms with Crippen LogP contribution in [0.3, 0.4) is 0 Å². The van der Waals surface area contributed by atoms with Crippen LogP contribution in [0, 0.1) is 12.7 Å². The van der Waals surface area contributed by atoms with Gasteiger partial charge in [-0.15, -0.1) is 0 Å². The van der Waals surface area contributed by atoms with Crippen LogP contribution in [0.4, 0.5) is 4.39 Å². The number of amides is 1. The Labute approximate surface area is 144 Å². The molecular weight excluding hydrogens is 321 g/mol. The Bertz CT molecular complexity index is 976. The first-order chi connectivity index (χ1) is 12.1. The summed E-state index contributed by atoms with van der Waals surface area (Å²) in [7, 11) is 1.55. The quantitative estimate of drug-likeness (QED) is 0.793. The number of benzene rings is 1. The molecule has 0 spiro atoms. The third-order valence-corrected chi connectivity index (χ3v) is 4.43. The molecule has 0 unspecified atom stereocenters. The fraction of sp³-hybridized carbons (Fsp3) is 0.263. The summed E-state index contributed by atoms with van der Waals surface area (Å²) in [5.41, 5.74) is 3.58. The number of hydrogen-bond acceptors (Lipinski definition) is 3. The summed E-state index contributed by atoms with van der Waals surface area (Å²) in [6.07, 6.45) is 5.39. The van der Waals surface area contributed by atoms with Crippen molar-refractivity contribution >= 4 is 11.6 Å². The number of aromatic nitrogens is 2. The Morgan fingerprint density at radius 2 is 2.16 bits per heavy atom. The van der Waals surface area contributed by atoms with Crippen molar-refractivity contribution in [2.24, 2.45) is 0 Å². The molecule has 2 heterocycles. The summed E-state index contributed by atoms with van der Waals surface area (Å²) in [6, 6.07) is 6.80. The Balaban J connectivity index is 1.79. The predicted molar refractivity (Wildman–Crippen MR) is 92.4 cm³/mol. The van der Waals surface area contributed by atoms with Gasteiger partial charge in [-0.3, -0.25) is 9.20 Å². The maximum Gasteiger partial charge on any atom is 0.255 e. The van der Waals surface area contributed by atoms with E-state index in [1.54, 1.807) is 23.9 Å². The van der Waals surface area contributed by atoms with E-state index in [0.29, 0.717) is 17.0 Å². The fourth-order valence-corrected chi connectivity index (χ4v) is 3.01. The van der Waals surface area contributed by atoms with E-state index >= 15 is 0 Å². The summed E-state index contributed by atoms with van der Waals surface area (Å²) in [5, 5.41) is 3.00. The van der Waals surface area contributed by atoms with E-state index in [1.807, 2.05) is 19.1 Å². The van der Waals surface area contributed by atoms with Gasteiger partial charge >= 0.3 is 0 Å². The second kappa shape index (κ2) is 5.88. The van der Waals surface area contributed by atoms with Crippen molar-refractivity contribution in [3.05, 3.63) is 53.6 Å². The number of rotatable bonds is 4. The van der Waals surface area contributed by atoms with E-state index in [4.69, 9.17) is 4.74 Å². The second-order valence-electron chi connectivity index (χ2n) is 6.33. The molecule has 25 heavy (non-hydrogen) atoms. The Morgan fingerprint density at radius 3 is 2.88 bits per heavy atom. The normalized spacial score (nSPS) is 13.9. The van der Waals surface area contributed by atoms with Gasteiger partial charge < -0.3 is 10.1 Å². The van der Waals surface area contributed by atoms with E-state index in [1.165, 1.54) is 12.1 Å². The van der Waals surface area contributed by atoms with Crippen LogP contribution in [0.5, 0.6) is 5.75 Å². The van der Waals surface area contributed by atoms with Crippen molar-refractivity contribution in [1.29, 1.82) is 0 Å². The smallest absolute Gasteiger partial charge is 0.255 e. The molecule has 0 saturated heterocycles. The van der Waals surface area contributed by atoms with Gasteiger partial charge in [0.1, 0.15) is 17.2 Å². The van der Waals surface area contributed by atoms with Gasteiger partial charge in [0.15, 0.2) is 0 Å². The Kier molecular flexibility index (Phi) is 3.67. The van der Waals surface area contributed by atoms with Crippen molar-refractivity contribution in [3.63, 3.8) is 0 Å². The van der Waals surface area contributed by atoms with Crippen LogP contribution < -0.4 is 10.1 Å². The largest absolute Gasteiger partial charge is 0.496 e. The van der Waals surface area contributed by atoms with Crippen LogP contribution in [-0.4, -0.2) is 28.4 Å². The number of imidazole rings is 1. The highest BCUT2D eigenvalue weighted by Gasteiger charge is 2.26. The SMILES string of the molecule is COc1cc(-c2cnc3cc(F)ccn23)cc(C)c1C(=O)NC1CC1. The molecule has 1 amide bonds. The van der Waals surface area contributed by atoms with Gasteiger partial charge in [0.2, 0.25) is 0 Å². The Hall–Kier alpha value is -2.89. The lowest BCUT2D eigenvalue weighted by Gasteiger charge is -2.14. The molecule has 1 aromatic carbocycles. The molecule has 6 heteroatoms. The highest BCUT2D eigenvalue weighted by Crippen LogP contribution is 2.31. The number of carbonyl (C=O) groups excluding carboxylic acids is 1. The van der Waals surface area contributed by atoms with Crippen molar-refractivity contribution in [1.82, 2.24) is 14.7 Å². The molecular formula is C19H18FN3O2. The number of nitrogens with zero attached hydrogens (tertiary/aromatic N) is 2. The molecule has 0 aliphatic heterocycles. The minimum absolute atomic E-state index is 0.108. The molecule has 0 atom stereocenters. The maximum atomic E-state index is 13.4. The van der Waals surface area contributed by atoms with Crippen LogP contribution in [-0.2, 0) is 0 Å². The number of carbonyl (C=O) groups is 1. The highest BCUT2D eigenvalue weighted by molar-refractivity contribution is 5.99. The van der Waals surface area contributed by atoms with Gasteiger partial charge in [-0.1, -0.05) is 0 Å². The third-order valence-electron chi connectivity index (χ3n) is 4.43. The van der Waals surface area contributed by atoms with Gasteiger partial charge in [-0.05, 0) is 43.5 Å². The predicted octanol–water partition coefficient (Wildman–Crippen LogP) is 3.35. The number of hydrogen-bond donors (Lipinski definition) is 1. The first-order valence-electron chi connectivity index (χ1n) is 8.19. The summed E-state index contributed by atoms with van der Waals surface area (Å²) in [6.45, 7) is 1.89. The van der Waals surface area contributed by atoms with E-state index in [9.17, 15) is 9.18 Å². The van der Waals surface area contributed by atoms with Crippen molar-refractivity contribution < 1.29 is 13.9 Å². The zero-order chi connectivity index (χ0) is 17.6. The Morgan fingerprint density at radius 1 is 1.36 bits per heavy atom. The molecule has 1 saturated carbocycles. The van der Waals surface area contributed by atoms with Gasteiger partial charge in [-0.25, -0.2) is 9.37 Å². The molecule has 1 N–H and O–H groups in total. The average Bonchev–Trinajstić information content (AvgIpc) is 3.30. The van der Waals surface area contributed by atoms with E-state index < -0.39 is 0 Å². The summed E-state index contributed by atoms with van der Waals surface area (Å²) < 4.78 is 20.6. The molecule has 5 nitrogen and oxygen atoms in total. The number of ether oxygens (including phenoxy) is 1. The number of methoxy groups -OCH3 is 1. The van der Waals surface area contributed by atoms with E-state index in [-0.39, 0.29) is 17.8 Å². The fourth-order valence-electron chi connectivity index (χ4n) is 3.01. The standard InChI is InChI=1S/C19H18FN3O2/c1-11-7-12(15-10-21-17-9-13(20)5-6-23(15)17)8-16(25-2)18(11)19(24)22-14-3-4-14/h5-10,14H,3-4H2,1-2H3,(H,22,24). The molecule has 0 bridgehead atoms. The monoisotopic (exact) mass is 339 g/mol. The topological polar surface area (TPSA) is 55.6 Å². The van der Waals surface area contributed by atoms with E-state index in [0.717, 1.165) is 29.7 Å². The lowest BCUT2D eigenvalue weighted by molar-refractivity contribution is 0.0947. The summed E-state index contributed by atoms with van der Waals surface area (Å²) in [5.74, 6) is 0.0827. The lowest BCUT2D eigenvalue weighted by atomic mass is 10.0. The van der Waals surface area contributed by atoms with Gasteiger partial charge in [-0.2, -0.15) is 0 Å². The molecule has 1 fully saturated rings. The summed E-state index contributed by atoms with van der Waals surface area (Å²) >= 11 is 0. The number of nitrogens with one attached hydrogen (secondary N) is 1. The molecule has 4 rings (SSSR count). The van der Waals surface area contributed by atoms with Crippen LogP contribution >= 0.6 is 0 Å². The van der Waals surface area contributed by atoms with Crippen molar-refractivity contribution in [3.8, 4) is 17.0 Å². The molecule has 1 aliphatic rings. The number of halogens is 1. The third kappa shape index (κ3) is 2.84. The molecule has 128 valence electrons. The minimum atomic E-state index is -0.328. The second-order valence-corrected chi connectivity index (χ2v) is 6.33. The van der Waals surface area contributed by atoms with Gasteiger partial charge in [0.25, 0.3) is 5.91 Å². The lowest BCUT2D eigenvalue weighted by Crippen LogP contribution is -2.26. The molecule has 2 aromatic heterocycles. The van der Waals surface area contributed by atoms with Crippen molar-refractivity contribution in [2.45, 2.75) is 25.8 Å². The molecule has 3 aromatic rings. The first-order valence-corrected chi connectivity index (χ1v) is 8.19. The summed E-state index contributed by atoms with van der Waals surface area (Å²) in [4.78, 5) is 16.7. The number of aryl methyl sites for hydroxylation is 1. The number of fused-ring (bicyclic) bond motifs is 1. The van der Waals surface area contributed by atoms with Crippen molar-refractivity contribution in [2.75, 3.05) is 7.11 Å². The minimum Gasteiger partial charge on any atom is -0.496 e. The molecule has 0 radical (unpaired) electrons. The van der Waals surface area contributed by atoms with Crippen LogP contribution in [0.2, 0.25) is 0 Å². The first kappa shape index (κ1) is 15.6. The average molecular weight is 339 g/mol. The zero-order valence-electron chi connectivity index (χ0n) is 14.0. The van der Waals surface area contributed by atoms with Gasteiger partial charge in [0, 0.05) is 23.9 Å². The highest BCUT2D eigenvalue weighted by atomic mass is 19.1. The number of pyridine rings is 1. The van der Waals surface area contributed by atoms with E-state index in [2.05, 4.69) is 10.3 Å². The van der Waals surface area contributed by atoms with Crippen LogP contribution in [0.15, 0.2) is 36.7 Å². The van der Waals surface area contributed by atoms with Crippen LogP contribution in [0.25, 0.3) is 16.9 Å². The molecule has 1 aliphatic carbocycles. The zero-order valence-corrected chi connectivity index (χ0v) is 14.0. The van der Waals surface area contributed by atoms with Crippen LogP contribution in [0.1, 0.15) is 28.8 Å². The maximum absolute atomic E-state index is 13.4. The van der Waals surface area contributed by atoms with Gasteiger partial charge in [0.05, 0.1) is 24.6 Å².